The lowest BCUT2D eigenvalue weighted by Crippen LogP contribution is -1.89. The number of aromatic hydroxyl groups is 1. The Morgan fingerprint density at radius 1 is 1.46 bits per heavy atom. The second kappa shape index (κ2) is 3.79. The Kier molecular flexibility index (Phi) is 2.93. The lowest BCUT2D eigenvalue weighted by atomic mass is 10.2. The van der Waals surface area contributed by atoms with Gasteiger partial charge in [0.15, 0.2) is 11.5 Å². The summed E-state index contributed by atoms with van der Waals surface area (Å²) in [5.41, 5.74) is -0.278. The van der Waals surface area contributed by atoms with Crippen LogP contribution in [-0.4, -0.2) is 12.2 Å². The first-order valence-electron chi connectivity index (χ1n) is 3.40. The largest absolute Gasteiger partial charge is 0.503 e. The minimum atomic E-state index is -2.63. The standard InChI is InChI=1S/C8H7ClF2O2/c1-13-6-3-4(8(10)11)2-5(9)7(6)12/h2-3,8,12H,1H3. The predicted molar refractivity (Wildman–Crippen MR) is 44.6 cm³/mol. The van der Waals surface area contributed by atoms with E-state index in [4.69, 9.17) is 11.6 Å². The number of rotatable bonds is 2. The van der Waals surface area contributed by atoms with Crippen LogP contribution in [0, 0.1) is 0 Å². The van der Waals surface area contributed by atoms with Gasteiger partial charge in [-0.15, -0.1) is 0 Å². The second-order valence-corrected chi connectivity index (χ2v) is 2.76. The molecule has 0 spiro atoms. The van der Waals surface area contributed by atoms with Crippen LogP contribution in [0.15, 0.2) is 12.1 Å². The minimum absolute atomic E-state index is 0.0530. The Balaban J connectivity index is 3.22. The maximum absolute atomic E-state index is 12.2. The van der Waals surface area contributed by atoms with Crippen LogP contribution in [0.5, 0.6) is 11.5 Å². The van der Waals surface area contributed by atoms with Gasteiger partial charge in [-0.3, -0.25) is 0 Å². The summed E-state index contributed by atoms with van der Waals surface area (Å²) in [7, 11) is 1.26. The van der Waals surface area contributed by atoms with Crippen LogP contribution in [0.4, 0.5) is 8.78 Å². The molecule has 0 heterocycles. The molecular weight excluding hydrogens is 202 g/mol. The molecule has 0 atom stereocenters. The molecule has 0 aliphatic carbocycles. The molecule has 0 aromatic heterocycles. The zero-order valence-corrected chi connectivity index (χ0v) is 7.48. The van der Waals surface area contributed by atoms with Gasteiger partial charge in [0.1, 0.15) is 0 Å². The molecule has 1 rings (SSSR count). The van der Waals surface area contributed by atoms with Crippen LogP contribution in [0.1, 0.15) is 12.0 Å². The van der Waals surface area contributed by atoms with Gasteiger partial charge in [-0.25, -0.2) is 8.78 Å². The first-order valence-corrected chi connectivity index (χ1v) is 3.78. The van der Waals surface area contributed by atoms with Crippen LogP contribution in [0.25, 0.3) is 0 Å². The predicted octanol–water partition coefficient (Wildman–Crippen LogP) is 2.99. The van der Waals surface area contributed by atoms with E-state index in [1.165, 1.54) is 7.11 Å². The Hall–Kier alpha value is -1.03. The van der Waals surface area contributed by atoms with Crippen molar-refractivity contribution in [1.29, 1.82) is 0 Å². The Bertz CT molecular complexity index is 315. The van der Waals surface area contributed by atoms with Gasteiger partial charge in [0.2, 0.25) is 0 Å². The van der Waals surface area contributed by atoms with Crippen LogP contribution < -0.4 is 4.74 Å². The van der Waals surface area contributed by atoms with E-state index in [1.807, 2.05) is 0 Å². The minimum Gasteiger partial charge on any atom is -0.503 e. The highest BCUT2D eigenvalue weighted by atomic mass is 35.5. The highest BCUT2D eigenvalue weighted by Gasteiger charge is 2.14. The zero-order chi connectivity index (χ0) is 10.0. The molecule has 0 saturated heterocycles. The summed E-state index contributed by atoms with van der Waals surface area (Å²) in [5.74, 6) is -0.378. The van der Waals surface area contributed by atoms with E-state index < -0.39 is 6.43 Å². The van der Waals surface area contributed by atoms with Crippen LogP contribution in [-0.2, 0) is 0 Å². The third-order valence-electron chi connectivity index (χ3n) is 1.52. The van der Waals surface area contributed by atoms with E-state index in [1.54, 1.807) is 0 Å². The molecule has 0 aliphatic rings. The highest BCUT2D eigenvalue weighted by molar-refractivity contribution is 6.32. The summed E-state index contributed by atoms with van der Waals surface area (Å²) < 4.78 is 29.0. The highest BCUT2D eigenvalue weighted by Crippen LogP contribution is 2.37. The SMILES string of the molecule is COc1cc(C(F)F)cc(Cl)c1O. The number of phenols is 1. The molecule has 13 heavy (non-hydrogen) atoms. The van der Waals surface area contributed by atoms with Gasteiger partial charge in [-0.2, -0.15) is 0 Å². The Labute approximate surface area is 78.7 Å². The quantitative estimate of drug-likeness (QED) is 0.810. The van der Waals surface area contributed by atoms with Crippen molar-refractivity contribution in [2.45, 2.75) is 6.43 Å². The first kappa shape index (κ1) is 10.1. The second-order valence-electron chi connectivity index (χ2n) is 2.35. The fraction of sp³-hybridized carbons (Fsp3) is 0.250. The number of halogens is 3. The third-order valence-corrected chi connectivity index (χ3v) is 1.81. The molecule has 0 saturated carbocycles. The molecule has 0 radical (unpaired) electrons. The summed E-state index contributed by atoms with van der Waals surface area (Å²) in [5, 5.41) is 9.06. The van der Waals surface area contributed by atoms with E-state index in [2.05, 4.69) is 4.74 Å². The molecule has 2 nitrogen and oxygen atoms in total. The number of hydrogen-bond acceptors (Lipinski definition) is 2. The molecular formula is C8H7ClF2O2. The molecule has 0 fully saturated rings. The van der Waals surface area contributed by atoms with Crippen molar-refractivity contribution in [3.8, 4) is 11.5 Å². The third kappa shape index (κ3) is 2.01. The van der Waals surface area contributed by atoms with Crippen LogP contribution >= 0.6 is 11.6 Å². The molecule has 0 aliphatic heterocycles. The molecule has 0 unspecified atom stereocenters. The molecule has 0 bridgehead atoms. The van der Waals surface area contributed by atoms with E-state index in [0.29, 0.717) is 0 Å². The number of ether oxygens (including phenoxy) is 1. The van der Waals surface area contributed by atoms with Crippen molar-refractivity contribution >= 4 is 11.6 Å². The van der Waals surface area contributed by atoms with Gasteiger partial charge in [-0.05, 0) is 12.1 Å². The summed E-state index contributed by atoms with van der Waals surface area (Å²) in [6, 6.07) is 2.05. The molecule has 0 amide bonds. The number of phenolic OH excluding ortho intramolecular Hbond substituents is 1. The first-order chi connectivity index (χ1) is 6.06. The maximum atomic E-state index is 12.2. The zero-order valence-electron chi connectivity index (χ0n) is 6.72. The van der Waals surface area contributed by atoms with E-state index in [-0.39, 0.29) is 22.1 Å². The van der Waals surface area contributed by atoms with Crippen molar-refractivity contribution in [3.63, 3.8) is 0 Å². The fourth-order valence-corrected chi connectivity index (χ4v) is 1.09. The van der Waals surface area contributed by atoms with Crippen molar-refractivity contribution in [3.05, 3.63) is 22.7 Å². The van der Waals surface area contributed by atoms with E-state index >= 15 is 0 Å². The number of hydrogen-bond donors (Lipinski definition) is 1. The molecule has 1 aromatic carbocycles. The van der Waals surface area contributed by atoms with Crippen molar-refractivity contribution < 1.29 is 18.6 Å². The normalized spacial score (nSPS) is 10.5. The summed E-state index contributed by atoms with van der Waals surface area (Å²) in [6.45, 7) is 0. The van der Waals surface area contributed by atoms with Gasteiger partial charge in [-0.1, -0.05) is 11.6 Å². The average molecular weight is 209 g/mol. The van der Waals surface area contributed by atoms with E-state index in [9.17, 15) is 13.9 Å². The number of benzene rings is 1. The van der Waals surface area contributed by atoms with Gasteiger partial charge in [0, 0.05) is 5.56 Å². The van der Waals surface area contributed by atoms with Crippen LogP contribution in [0.3, 0.4) is 0 Å². The molecule has 5 heteroatoms. The van der Waals surface area contributed by atoms with Gasteiger partial charge >= 0.3 is 0 Å². The Morgan fingerprint density at radius 2 is 2.08 bits per heavy atom. The lowest BCUT2D eigenvalue weighted by Gasteiger charge is -2.07. The molecule has 1 aromatic rings. The summed E-state index contributed by atoms with van der Waals surface area (Å²) in [4.78, 5) is 0. The average Bonchev–Trinajstić information content (AvgIpc) is 2.09. The van der Waals surface area contributed by atoms with Gasteiger partial charge < -0.3 is 9.84 Å². The summed E-state index contributed by atoms with van der Waals surface area (Å²) in [6.07, 6.45) is -2.63. The Morgan fingerprint density at radius 3 is 2.54 bits per heavy atom. The van der Waals surface area contributed by atoms with Crippen molar-refractivity contribution in [2.24, 2.45) is 0 Å². The maximum Gasteiger partial charge on any atom is 0.264 e. The lowest BCUT2D eigenvalue weighted by molar-refractivity contribution is 0.151. The van der Waals surface area contributed by atoms with Gasteiger partial charge in [0.05, 0.1) is 12.1 Å². The van der Waals surface area contributed by atoms with E-state index in [0.717, 1.165) is 12.1 Å². The fourth-order valence-electron chi connectivity index (χ4n) is 0.875. The number of methoxy groups -OCH3 is 1. The van der Waals surface area contributed by atoms with Crippen LogP contribution in [0.2, 0.25) is 5.02 Å². The molecule has 72 valence electrons. The molecule has 1 N–H and O–H groups in total. The van der Waals surface area contributed by atoms with Crippen molar-refractivity contribution in [2.75, 3.05) is 7.11 Å². The topological polar surface area (TPSA) is 29.5 Å². The smallest absolute Gasteiger partial charge is 0.264 e. The summed E-state index contributed by atoms with van der Waals surface area (Å²) >= 11 is 5.48. The number of alkyl halides is 2. The van der Waals surface area contributed by atoms with Crippen molar-refractivity contribution in [1.82, 2.24) is 0 Å². The monoisotopic (exact) mass is 208 g/mol. The van der Waals surface area contributed by atoms with Gasteiger partial charge in [0.25, 0.3) is 6.43 Å².